The van der Waals surface area contributed by atoms with Gasteiger partial charge in [-0.15, -0.1) is 10.2 Å². The third kappa shape index (κ3) is 3.84. The van der Waals surface area contributed by atoms with Gasteiger partial charge in [0.25, 0.3) is 0 Å². The summed E-state index contributed by atoms with van der Waals surface area (Å²) in [5, 5.41) is 13.5. The third-order valence-electron chi connectivity index (χ3n) is 3.97. The molecule has 0 spiro atoms. The minimum atomic E-state index is 0.732. The van der Waals surface area contributed by atoms with Crippen molar-refractivity contribution in [2.45, 2.75) is 0 Å². The molecule has 1 N–H and O–H groups in total. The van der Waals surface area contributed by atoms with Gasteiger partial charge in [0.1, 0.15) is 10.8 Å². The molecule has 2 heterocycles. The smallest absolute Gasteiger partial charge is 0.210 e. The number of hydrogen-bond acceptors (Lipinski definition) is 6. The number of halogens is 1. The molecule has 0 aliphatic rings. The van der Waals surface area contributed by atoms with E-state index in [0.717, 1.165) is 42.7 Å². The lowest BCUT2D eigenvalue weighted by Crippen LogP contribution is -1.91. The van der Waals surface area contributed by atoms with Gasteiger partial charge in [-0.05, 0) is 48.0 Å². The number of anilines is 2. The van der Waals surface area contributed by atoms with Crippen molar-refractivity contribution in [1.29, 1.82) is 0 Å². The molecule has 5 nitrogen and oxygen atoms in total. The first-order valence-corrected chi connectivity index (χ1v) is 9.79. The lowest BCUT2D eigenvalue weighted by atomic mass is 10.00. The summed E-state index contributed by atoms with van der Waals surface area (Å²) >= 11 is 4.94. The number of aromatic nitrogens is 3. The molecule has 7 heteroatoms. The molecule has 0 atom stereocenters. The van der Waals surface area contributed by atoms with Crippen LogP contribution in [0.2, 0.25) is 0 Å². The standard InChI is InChI=1S/C20H15BrN4OS/c1-26-17-4-2-3-16(18(17)13-9-11-22-12-10-13)19-24-25-20(27-19)23-15-7-5-14(21)6-8-15/h2-12H,1H3,(H,23,25). The van der Waals surface area contributed by atoms with Gasteiger partial charge >= 0.3 is 0 Å². The molecule has 0 fully saturated rings. The van der Waals surface area contributed by atoms with E-state index in [1.807, 2.05) is 54.6 Å². The van der Waals surface area contributed by atoms with Crippen LogP contribution in [0.25, 0.3) is 21.7 Å². The van der Waals surface area contributed by atoms with Crippen molar-refractivity contribution in [2.75, 3.05) is 12.4 Å². The number of rotatable bonds is 5. The van der Waals surface area contributed by atoms with Crippen LogP contribution in [-0.2, 0) is 0 Å². The topological polar surface area (TPSA) is 59.9 Å². The molecule has 0 amide bonds. The zero-order valence-corrected chi connectivity index (χ0v) is 16.8. The fraction of sp³-hybridized carbons (Fsp3) is 0.0500. The van der Waals surface area contributed by atoms with Crippen LogP contribution in [0, 0.1) is 0 Å². The number of nitrogens with one attached hydrogen (secondary N) is 1. The van der Waals surface area contributed by atoms with E-state index in [1.54, 1.807) is 19.5 Å². The molecule has 0 aliphatic carbocycles. The molecule has 0 saturated carbocycles. The average molecular weight is 439 g/mol. The van der Waals surface area contributed by atoms with Crippen molar-refractivity contribution in [3.8, 4) is 27.4 Å². The molecule has 4 aromatic rings. The van der Waals surface area contributed by atoms with Gasteiger partial charge in [0.15, 0.2) is 0 Å². The van der Waals surface area contributed by atoms with Crippen LogP contribution >= 0.6 is 27.3 Å². The maximum Gasteiger partial charge on any atom is 0.210 e. The summed E-state index contributed by atoms with van der Waals surface area (Å²) in [6, 6.07) is 17.8. The Kier molecular flexibility index (Phi) is 5.13. The molecule has 2 aromatic carbocycles. The number of methoxy groups -OCH3 is 1. The highest BCUT2D eigenvalue weighted by Crippen LogP contribution is 2.40. The van der Waals surface area contributed by atoms with Crippen LogP contribution in [0.5, 0.6) is 5.75 Å². The highest BCUT2D eigenvalue weighted by atomic mass is 79.9. The Morgan fingerprint density at radius 1 is 0.963 bits per heavy atom. The van der Waals surface area contributed by atoms with Crippen molar-refractivity contribution >= 4 is 38.1 Å². The molecule has 4 rings (SSSR count). The van der Waals surface area contributed by atoms with E-state index in [9.17, 15) is 0 Å². The first-order valence-electron chi connectivity index (χ1n) is 8.18. The molecule has 0 aliphatic heterocycles. The van der Waals surface area contributed by atoms with Crippen molar-refractivity contribution < 1.29 is 4.74 Å². The zero-order valence-electron chi connectivity index (χ0n) is 14.4. The van der Waals surface area contributed by atoms with E-state index < -0.39 is 0 Å². The average Bonchev–Trinajstić information content (AvgIpc) is 3.18. The second-order valence-electron chi connectivity index (χ2n) is 5.66. The monoisotopic (exact) mass is 438 g/mol. The molecular formula is C20H15BrN4OS. The SMILES string of the molecule is COc1cccc(-c2nnc(Nc3ccc(Br)cc3)s2)c1-c1ccncc1. The Morgan fingerprint density at radius 3 is 2.48 bits per heavy atom. The first-order chi connectivity index (χ1) is 13.2. The fourth-order valence-electron chi connectivity index (χ4n) is 2.74. The largest absolute Gasteiger partial charge is 0.496 e. The van der Waals surface area contributed by atoms with E-state index >= 15 is 0 Å². The van der Waals surface area contributed by atoms with Gasteiger partial charge in [0.2, 0.25) is 5.13 Å². The van der Waals surface area contributed by atoms with Crippen molar-refractivity contribution in [1.82, 2.24) is 15.2 Å². The van der Waals surface area contributed by atoms with Gasteiger partial charge < -0.3 is 10.1 Å². The van der Waals surface area contributed by atoms with Crippen LogP contribution in [0.1, 0.15) is 0 Å². The molecule has 0 saturated heterocycles. The van der Waals surface area contributed by atoms with Crippen molar-refractivity contribution in [3.05, 3.63) is 71.5 Å². The maximum atomic E-state index is 5.59. The van der Waals surface area contributed by atoms with Gasteiger partial charge in [-0.2, -0.15) is 0 Å². The van der Waals surface area contributed by atoms with Crippen LogP contribution in [0.4, 0.5) is 10.8 Å². The molecule has 0 radical (unpaired) electrons. The summed E-state index contributed by atoms with van der Waals surface area (Å²) in [5.74, 6) is 0.788. The van der Waals surface area contributed by atoms with E-state index in [-0.39, 0.29) is 0 Å². The lowest BCUT2D eigenvalue weighted by molar-refractivity contribution is 0.416. The van der Waals surface area contributed by atoms with E-state index in [2.05, 4.69) is 36.4 Å². The molecule has 27 heavy (non-hydrogen) atoms. The predicted molar refractivity (Wildman–Crippen MR) is 113 cm³/mol. The van der Waals surface area contributed by atoms with E-state index in [0.29, 0.717) is 0 Å². The number of nitrogens with zero attached hydrogens (tertiary/aromatic N) is 3. The number of pyridine rings is 1. The maximum absolute atomic E-state index is 5.59. The highest BCUT2D eigenvalue weighted by molar-refractivity contribution is 9.10. The third-order valence-corrected chi connectivity index (χ3v) is 5.37. The Morgan fingerprint density at radius 2 is 1.74 bits per heavy atom. The van der Waals surface area contributed by atoms with Gasteiger partial charge in [-0.3, -0.25) is 4.98 Å². The van der Waals surface area contributed by atoms with Crippen LogP contribution in [0.3, 0.4) is 0 Å². The van der Waals surface area contributed by atoms with Gasteiger partial charge in [-0.25, -0.2) is 0 Å². The molecule has 0 bridgehead atoms. The zero-order chi connectivity index (χ0) is 18.6. The molecule has 134 valence electrons. The second kappa shape index (κ2) is 7.85. The Balaban J connectivity index is 1.72. The summed E-state index contributed by atoms with van der Waals surface area (Å²) in [4.78, 5) is 4.11. The van der Waals surface area contributed by atoms with Crippen molar-refractivity contribution in [2.24, 2.45) is 0 Å². The van der Waals surface area contributed by atoms with Crippen LogP contribution in [-0.4, -0.2) is 22.3 Å². The lowest BCUT2D eigenvalue weighted by Gasteiger charge is -2.12. The Bertz CT molecular complexity index is 1050. The van der Waals surface area contributed by atoms with E-state index in [1.165, 1.54) is 11.3 Å². The summed E-state index contributed by atoms with van der Waals surface area (Å²) in [6.07, 6.45) is 3.54. The fourth-order valence-corrected chi connectivity index (χ4v) is 3.79. The van der Waals surface area contributed by atoms with Crippen molar-refractivity contribution in [3.63, 3.8) is 0 Å². The summed E-state index contributed by atoms with van der Waals surface area (Å²) < 4.78 is 6.62. The number of hydrogen-bond donors (Lipinski definition) is 1. The molecular weight excluding hydrogens is 424 g/mol. The molecule has 0 unspecified atom stereocenters. The van der Waals surface area contributed by atoms with Gasteiger partial charge in [-0.1, -0.05) is 39.4 Å². The summed E-state index contributed by atoms with van der Waals surface area (Å²) in [7, 11) is 1.67. The quantitative estimate of drug-likeness (QED) is 0.427. The predicted octanol–water partition coefficient (Wildman–Crippen LogP) is 5.78. The number of benzene rings is 2. The minimum absolute atomic E-state index is 0.732. The minimum Gasteiger partial charge on any atom is -0.496 e. The highest BCUT2D eigenvalue weighted by Gasteiger charge is 2.16. The summed E-state index contributed by atoms with van der Waals surface area (Å²) in [6.45, 7) is 0. The Labute approximate surface area is 169 Å². The Hall–Kier alpha value is -2.77. The van der Waals surface area contributed by atoms with Gasteiger partial charge in [0, 0.05) is 33.7 Å². The first kappa shape index (κ1) is 17.6. The number of ether oxygens (including phenoxy) is 1. The van der Waals surface area contributed by atoms with Crippen LogP contribution in [0.15, 0.2) is 71.5 Å². The van der Waals surface area contributed by atoms with E-state index in [4.69, 9.17) is 4.74 Å². The second-order valence-corrected chi connectivity index (χ2v) is 7.56. The summed E-state index contributed by atoms with van der Waals surface area (Å²) in [5.41, 5.74) is 3.94. The normalized spacial score (nSPS) is 10.6. The van der Waals surface area contributed by atoms with Crippen LogP contribution < -0.4 is 10.1 Å². The molecule has 2 aromatic heterocycles. The van der Waals surface area contributed by atoms with Gasteiger partial charge in [0.05, 0.1) is 7.11 Å².